The van der Waals surface area contributed by atoms with Crippen LogP contribution in [-0.4, -0.2) is 72.4 Å². The van der Waals surface area contributed by atoms with Crippen LogP contribution < -0.4 is 10.5 Å². The number of ether oxygens (including phenoxy) is 1. The fourth-order valence-corrected chi connectivity index (χ4v) is 4.05. The molecular weight excluding hydrogens is 430 g/mol. The van der Waals surface area contributed by atoms with Crippen molar-refractivity contribution in [3.05, 3.63) is 48.4 Å². The number of aromatic nitrogens is 4. The summed E-state index contributed by atoms with van der Waals surface area (Å²) in [5.74, 6) is 3.93. The molecule has 1 aliphatic rings. The lowest BCUT2D eigenvalue weighted by Crippen LogP contribution is -2.45. The molecule has 170 valence electrons. The highest BCUT2D eigenvalue weighted by molar-refractivity contribution is 7.98. The molecule has 0 amide bonds. The van der Waals surface area contributed by atoms with E-state index in [9.17, 15) is 9.32 Å². The predicted octanol–water partition coefficient (Wildman–Crippen LogP) is 0.992. The highest BCUT2D eigenvalue weighted by Crippen LogP contribution is 2.24. The first-order valence-corrected chi connectivity index (χ1v) is 12.0. The summed E-state index contributed by atoms with van der Waals surface area (Å²) in [6, 6.07) is 7.03. The van der Waals surface area contributed by atoms with Crippen molar-refractivity contribution in [2.45, 2.75) is 24.6 Å². The smallest absolute Gasteiger partial charge is 0.227 e. The predicted molar refractivity (Wildman–Crippen MR) is 124 cm³/mol. The maximum Gasteiger partial charge on any atom is 0.227 e. The molecule has 3 heterocycles. The first-order valence-electron chi connectivity index (χ1n) is 10.2. The molecule has 1 saturated heterocycles. The van der Waals surface area contributed by atoms with Gasteiger partial charge in [0.2, 0.25) is 5.95 Å². The van der Waals surface area contributed by atoms with Crippen molar-refractivity contribution in [3.63, 3.8) is 0 Å². The molecule has 3 aromatic rings. The Bertz CT molecular complexity index is 1170. The van der Waals surface area contributed by atoms with Gasteiger partial charge in [0.25, 0.3) is 0 Å². The van der Waals surface area contributed by atoms with E-state index in [-0.39, 0.29) is 0 Å². The third-order valence-electron chi connectivity index (χ3n) is 5.21. The Kier molecular flexibility index (Phi) is 6.53. The van der Waals surface area contributed by atoms with Crippen LogP contribution in [0.4, 0.5) is 11.6 Å². The number of hydrogen-bond donors (Lipinski definition) is 3. The highest BCUT2D eigenvalue weighted by atomic mass is 32.2. The first kappa shape index (κ1) is 22.4. The van der Waals surface area contributed by atoms with E-state index in [4.69, 9.17) is 9.88 Å². The van der Waals surface area contributed by atoms with Crippen LogP contribution in [0, 0.1) is 6.92 Å². The molecule has 0 radical (unpaired) electrons. The summed E-state index contributed by atoms with van der Waals surface area (Å²) in [6.45, 7) is 4.92. The van der Waals surface area contributed by atoms with E-state index in [0.29, 0.717) is 49.4 Å². The summed E-state index contributed by atoms with van der Waals surface area (Å²) in [5.41, 5.74) is 3.21. The van der Waals surface area contributed by atoms with Crippen molar-refractivity contribution in [2.24, 2.45) is 5.14 Å². The Balaban J connectivity index is 1.46. The largest absolute Gasteiger partial charge is 0.379 e. The standard InChI is InChI=1S/C21H27N7O3S/c1-15-11-23-21(26-20(15)16-3-5-18(6-4-16)32(2,22)30)25-17-12-24-28(13-17)14-19(29)27-7-9-31-10-8-27/h3-6,11-13,19,29H,2,7-10,14H2,1H3,(H2,22,30)(H,23,25,26). The average molecular weight is 458 g/mol. The number of aliphatic hydroxyl groups excluding tert-OH is 1. The van der Waals surface area contributed by atoms with Crippen LogP contribution >= 0.6 is 0 Å². The number of morpholine rings is 1. The Hall–Kier alpha value is -2.83. The molecule has 0 saturated carbocycles. The van der Waals surface area contributed by atoms with Gasteiger partial charge in [-0.05, 0) is 30.5 Å². The van der Waals surface area contributed by atoms with Crippen LogP contribution in [0.25, 0.3) is 11.3 Å². The minimum atomic E-state index is -2.76. The molecule has 1 aromatic carbocycles. The number of aryl methyl sites for hydroxylation is 1. The minimum Gasteiger partial charge on any atom is -0.379 e. The van der Waals surface area contributed by atoms with Crippen LogP contribution in [0.3, 0.4) is 0 Å². The lowest BCUT2D eigenvalue weighted by Gasteiger charge is -2.30. The Morgan fingerprint density at radius 1 is 1.28 bits per heavy atom. The lowest BCUT2D eigenvalue weighted by molar-refractivity contribution is -0.0664. The zero-order valence-electron chi connectivity index (χ0n) is 17.8. The second-order valence-corrected chi connectivity index (χ2v) is 9.60. The molecule has 11 heteroatoms. The molecule has 1 fully saturated rings. The van der Waals surface area contributed by atoms with E-state index in [0.717, 1.165) is 16.8 Å². The summed E-state index contributed by atoms with van der Waals surface area (Å²) in [5, 5.41) is 23.5. The van der Waals surface area contributed by atoms with Crippen molar-refractivity contribution in [1.82, 2.24) is 24.6 Å². The van der Waals surface area contributed by atoms with Gasteiger partial charge in [-0.25, -0.2) is 14.2 Å². The minimum absolute atomic E-state index is 0.352. The van der Waals surface area contributed by atoms with Crippen LogP contribution in [0.5, 0.6) is 0 Å². The summed E-state index contributed by atoms with van der Waals surface area (Å²) < 4.78 is 18.9. The molecule has 4 rings (SSSR count). The zero-order valence-corrected chi connectivity index (χ0v) is 18.7. The van der Waals surface area contributed by atoms with Crippen LogP contribution in [0.15, 0.2) is 47.8 Å². The van der Waals surface area contributed by atoms with E-state index in [1.165, 1.54) is 0 Å². The quantitative estimate of drug-likeness (QED) is 0.448. The van der Waals surface area contributed by atoms with Crippen molar-refractivity contribution in [3.8, 4) is 11.3 Å². The Morgan fingerprint density at radius 3 is 2.69 bits per heavy atom. The molecule has 0 aliphatic carbocycles. The van der Waals surface area contributed by atoms with E-state index in [2.05, 4.69) is 26.3 Å². The normalized spacial score (nSPS) is 17.6. The van der Waals surface area contributed by atoms with Gasteiger partial charge >= 0.3 is 0 Å². The highest BCUT2D eigenvalue weighted by Gasteiger charge is 2.19. The fourth-order valence-electron chi connectivity index (χ4n) is 3.45. The number of benzene rings is 1. The number of nitrogens with two attached hydrogens (primary N) is 1. The summed E-state index contributed by atoms with van der Waals surface area (Å²) in [4.78, 5) is 11.4. The average Bonchev–Trinajstić information content (AvgIpc) is 3.22. The lowest BCUT2D eigenvalue weighted by atomic mass is 10.1. The number of anilines is 2. The van der Waals surface area contributed by atoms with E-state index >= 15 is 0 Å². The molecule has 0 spiro atoms. The van der Waals surface area contributed by atoms with Gasteiger partial charge < -0.3 is 15.2 Å². The number of rotatable bonds is 7. The van der Waals surface area contributed by atoms with Crippen LogP contribution in [0.2, 0.25) is 0 Å². The monoisotopic (exact) mass is 457 g/mol. The van der Waals surface area contributed by atoms with Crippen LogP contribution in [-0.2, 0) is 21.0 Å². The van der Waals surface area contributed by atoms with Gasteiger partial charge in [0.1, 0.15) is 6.23 Å². The molecule has 4 N–H and O–H groups in total. The van der Waals surface area contributed by atoms with Gasteiger partial charge in [-0.3, -0.25) is 14.7 Å². The molecular formula is C21H27N7O3S. The zero-order chi connectivity index (χ0) is 22.7. The van der Waals surface area contributed by atoms with Crippen molar-refractivity contribution in [2.75, 3.05) is 31.6 Å². The number of aliphatic hydroxyl groups is 1. The summed E-state index contributed by atoms with van der Waals surface area (Å²) in [7, 11) is -2.76. The number of nitrogens with one attached hydrogen (secondary N) is 1. The van der Waals surface area contributed by atoms with Crippen molar-refractivity contribution < 1.29 is 14.1 Å². The van der Waals surface area contributed by atoms with E-state index in [1.807, 2.05) is 24.0 Å². The molecule has 2 atom stereocenters. The third kappa shape index (κ3) is 5.31. The Labute approximate surface area is 187 Å². The van der Waals surface area contributed by atoms with Crippen molar-refractivity contribution >= 4 is 27.2 Å². The maximum absolute atomic E-state index is 11.9. The van der Waals surface area contributed by atoms with Crippen LogP contribution in [0.1, 0.15) is 5.56 Å². The molecule has 0 bridgehead atoms. The third-order valence-corrected chi connectivity index (χ3v) is 6.28. The molecule has 2 unspecified atom stereocenters. The maximum atomic E-state index is 11.9. The molecule has 10 nitrogen and oxygen atoms in total. The second-order valence-electron chi connectivity index (χ2n) is 7.68. The molecule has 1 aliphatic heterocycles. The SMILES string of the molecule is C=S(N)(=O)c1ccc(-c2nc(Nc3cnn(CC(O)N4CCOCC4)c3)ncc2C)cc1. The van der Waals surface area contributed by atoms with Gasteiger partial charge in [0, 0.05) is 35.9 Å². The van der Waals surface area contributed by atoms with E-state index in [1.54, 1.807) is 35.4 Å². The van der Waals surface area contributed by atoms with Gasteiger partial charge in [0.05, 0.1) is 47.0 Å². The van der Waals surface area contributed by atoms with Gasteiger partial charge in [0.15, 0.2) is 0 Å². The molecule has 2 aromatic heterocycles. The molecule has 32 heavy (non-hydrogen) atoms. The van der Waals surface area contributed by atoms with E-state index < -0.39 is 15.9 Å². The van der Waals surface area contributed by atoms with Gasteiger partial charge in [-0.2, -0.15) is 5.10 Å². The fraction of sp³-hybridized carbons (Fsp3) is 0.333. The van der Waals surface area contributed by atoms with Gasteiger partial charge in [-0.1, -0.05) is 12.1 Å². The summed E-state index contributed by atoms with van der Waals surface area (Å²) in [6.07, 6.45) is 4.57. The van der Waals surface area contributed by atoms with Crippen molar-refractivity contribution in [1.29, 1.82) is 0 Å². The number of nitrogens with zero attached hydrogens (tertiary/aromatic N) is 5. The first-order chi connectivity index (χ1) is 15.3. The Morgan fingerprint density at radius 2 is 2.00 bits per heavy atom. The summed E-state index contributed by atoms with van der Waals surface area (Å²) >= 11 is 0. The topological polar surface area (TPSA) is 131 Å². The van der Waals surface area contributed by atoms with Gasteiger partial charge in [-0.15, -0.1) is 0 Å². The second kappa shape index (κ2) is 9.35. The number of hydrogen-bond acceptors (Lipinski definition) is 8.